The van der Waals surface area contributed by atoms with Crippen LogP contribution in [0.5, 0.6) is 0 Å². The number of hydrogen-bond donors (Lipinski definition) is 4. The van der Waals surface area contributed by atoms with E-state index in [4.69, 9.17) is 19.2 Å². The zero-order valence-electron chi connectivity index (χ0n) is 7.31. The third-order valence-corrected chi connectivity index (χ3v) is 0. The zero-order chi connectivity index (χ0) is 9.00. The van der Waals surface area contributed by atoms with Gasteiger partial charge in [-0.25, -0.2) is 0 Å². The van der Waals surface area contributed by atoms with Crippen molar-refractivity contribution in [3.8, 4) is 0 Å². The summed E-state index contributed by atoms with van der Waals surface area (Å²) in [5.74, 6) is 0. The molecule has 0 atom stereocenters. The van der Waals surface area contributed by atoms with Gasteiger partial charge in [0.1, 0.15) is 0 Å². The maximum atomic E-state index is 9.35. The van der Waals surface area contributed by atoms with Gasteiger partial charge >= 0.3 is 0 Å². The van der Waals surface area contributed by atoms with Crippen molar-refractivity contribution in [2.75, 3.05) is 0 Å². The molecule has 11 heteroatoms. The Kier molecular flexibility index (Phi) is 24.3. The molecule has 82 valence electrons. The Morgan fingerprint density at radius 3 is 0.769 bits per heavy atom. The van der Waals surface area contributed by atoms with Gasteiger partial charge in [0.2, 0.25) is 17.6 Å². The molecule has 8 N–H and O–H groups in total. The standard InChI is InChI=1S/2CH5O3Si.2H2O.Zn/c2*1-5(2,3)4;;;/h2*2-3H,1H3;2*1H2;/q2*-1;;;. The summed E-state index contributed by atoms with van der Waals surface area (Å²) in [6.07, 6.45) is 0. The summed E-state index contributed by atoms with van der Waals surface area (Å²) in [7, 11) is -7.72. The predicted octanol–water partition coefficient (Wildman–Crippen LogP) is -5.85. The Morgan fingerprint density at radius 2 is 0.769 bits per heavy atom. The Bertz CT molecular complexity index is 63.1. The monoisotopic (exact) mass is 286 g/mol. The average molecular weight is 288 g/mol. The van der Waals surface area contributed by atoms with Gasteiger partial charge in [-0.1, -0.05) is 0 Å². The number of rotatable bonds is 0. The van der Waals surface area contributed by atoms with Gasteiger partial charge in [-0.3, -0.25) is 0 Å². The molecule has 0 spiro atoms. The molecule has 0 aromatic heterocycles. The van der Waals surface area contributed by atoms with E-state index in [1.165, 1.54) is 0 Å². The van der Waals surface area contributed by atoms with Gasteiger partial charge in [0.05, 0.1) is 0 Å². The Balaban J connectivity index is -0.0000000267. The second-order valence-electron chi connectivity index (χ2n) is 1.87. The molecule has 13 heavy (non-hydrogen) atoms. The minimum absolute atomic E-state index is 0. The van der Waals surface area contributed by atoms with Gasteiger partial charge in [-0.15, -0.1) is 0 Å². The fraction of sp³-hybridized carbons (Fsp3) is 1.00. The molecule has 0 saturated carbocycles. The summed E-state index contributed by atoms with van der Waals surface area (Å²) in [5.41, 5.74) is 0. The van der Waals surface area contributed by atoms with Crippen LogP contribution < -0.4 is 9.59 Å². The van der Waals surface area contributed by atoms with E-state index in [2.05, 4.69) is 0 Å². The van der Waals surface area contributed by atoms with Crippen molar-refractivity contribution >= 4 is 17.6 Å². The first-order valence-electron chi connectivity index (χ1n) is 2.30. The van der Waals surface area contributed by atoms with Crippen LogP contribution in [-0.4, -0.2) is 47.7 Å². The van der Waals surface area contributed by atoms with Crippen LogP contribution in [0.15, 0.2) is 0 Å². The van der Waals surface area contributed by atoms with Crippen molar-refractivity contribution in [2.45, 2.75) is 13.1 Å². The van der Waals surface area contributed by atoms with E-state index in [9.17, 15) is 9.59 Å². The molecule has 0 aromatic carbocycles. The van der Waals surface area contributed by atoms with E-state index in [0.29, 0.717) is 0 Å². The fourth-order valence-electron chi connectivity index (χ4n) is 0. The second kappa shape index (κ2) is 10.8. The summed E-state index contributed by atoms with van der Waals surface area (Å²) < 4.78 is 0. The molecule has 0 aromatic rings. The topological polar surface area (TPSA) is 190 Å². The van der Waals surface area contributed by atoms with Crippen molar-refractivity contribution < 1.29 is 59.2 Å². The maximum absolute atomic E-state index is 9.35. The van der Waals surface area contributed by atoms with Gasteiger partial charge in [-0.2, -0.15) is 0 Å². The van der Waals surface area contributed by atoms with Crippen LogP contribution in [-0.2, 0) is 19.5 Å². The maximum Gasteiger partial charge on any atom is 0.235 e. The smallest absolute Gasteiger partial charge is 0.235 e. The summed E-state index contributed by atoms with van der Waals surface area (Å²) in [6, 6.07) is 0. The summed E-state index contributed by atoms with van der Waals surface area (Å²) >= 11 is 0. The molecule has 0 aliphatic heterocycles. The molecule has 8 nitrogen and oxygen atoms in total. The molecule has 0 rings (SSSR count). The fourth-order valence-corrected chi connectivity index (χ4v) is 0. The van der Waals surface area contributed by atoms with Gasteiger partial charge in [-0.05, 0) is 13.1 Å². The third kappa shape index (κ3) is 2700. The van der Waals surface area contributed by atoms with Crippen LogP contribution in [0.1, 0.15) is 0 Å². The quantitative estimate of drug-likeness (QED) is 0.321. The Morgan fingerprint density at radius 1 is 0.769 bits per heavy atom. The molecule has 0 unspecified atom stereocenters. The van der Waals surface area contributed by atoms with Crippen molar-refractivity contribution in [3.63, 3.8) is 0 Å². The molecule has 0 radical (unpaired) electrons. The molecule has 0 saturated heterocycles. The summed E-state index contributed by atoms with van der Waals surface area (Å²) in [5, 5.41) is 0. The SMILES string of the molecule is C[Si]([O-])(O)O.C[Si]([O-])(O)O.O.O.[Zn]. The van der Waals surface area contributed by atoms with Gasteiger partial charge in [0.25, 0.3) is 0 Å². The van der Waals surface area contributed by atoms with Crippen molar-refractivity contribution in [3.05, 3.63) is 0 Å². The van der Waals surface area contributed by atoms with Gasteiger partial charge < -0.3 is 39.7 Å². The minimum atomic E-state index is -3.86. The average Bonchev–Trinajstić information content (AvgIpc) is 1.12. The largest absolute Gasteiger partial charge is 0.817 e. The van der Waals surface area contributed by atoms with Gasteiger partial charge in [0.15, 0.2) is 0 Å². The van der Waals surface area contributed by atoms with E-state index in [1.807, 2.05) is 0 Å². The first-order valence-corrected chi connectivity index (χ1v) is 6.91. The summed E-state index contributed by atoms with van der Waals surface area (Å²) in [4.78, 5) is 49.3. The Labute approximate surface area is 90.2 Å². The molecule has 0 aliphatic carbocycles. The normalized spacial score (nSPS) is 9.23. The molecular formula is C2H14O8Si2Zn-2. The van der Waals surface area contributed by atoms with Crippen LogP contribution in [0.2, 0.25) is 13.1 Å². The van der Waals surface area contributed by atoms with Crippen molar-refractivity contribution in [1.82, 2.24) is 0 Å². The van der Waals surface area contributed by atoms with Gasteiger partial charge in [0, 0.05) is 19.5 Å². The van der Waals surface area contributed by atoms with E-state index < -0.39 is 17.6 Å². The molecule has 0 aliphatic rings. The third-order valence-electron chi connectivity index (χ3n) is 0. The van der Waals surface area contributed by atoms with Crippen molar-refractivity contribution in [2.24, 2.45) is 0 Å². The van der Waals surface area contributed by atoms with Crippen LogP contribution >= 0.6 is 0 Å². The number of hydrogen-bond acceptors (Lipinski definition) is 6. The first-order chi connectivity index (χ1) is 4.00. The van der Waals surface area contributed by atoms with E-state index >= 15 is 0 Å². The molecule has 0 bridgehead atoms. The van der Waals surface area contributed by atoms with Crippen LogP contribution in [0.3, 0.4) is 0 Å². The molecule has 0 heterocycles. The van der Waals surface area contributed by atoms with E-state index in [1.54, 1.807) is 0 Å². The van der Waals surface area contributed by atoms with E-state index in [-0.39, 0.29) is 30.4 Å². The van der Waals surface area contributed by atoms with Crippen LogP contribution in [0.25, 0.3) is 0 Å². The second-order valence-corrected chi connectivity index (χ2v) is 5.60. The molecule has 0 fully saturated rings. The summed E-state index contributed by atoms with van der Waals surface area (Å²) in [6.45, 7) is 1.76. The first kappa shape index (κ1) is 29.2. The molecular weight excluding hydrogens is 274 g/mol. The van der Waals surface area contributed by atoms with Crippen molar-refractivity contribution in [1.29, 1.82) is 0 Å². The molecule has 0 amide bonds. The van der Waals surface area contributed by atoms with E-state index in [0.717, 1.165) is 13.1 Å². The predicted molar refractivity (Wildman–Crippen MR) is 39.3 cm³/mol. The van der Waals surface area contributed by atoms with Crippen LogP contribution in [0.4, 0.5) is 0 Å². The Hall–Kier alpha value is 0.737. The minimum Gasteiger partial charge on any atom is -0.817 e. The zero-order valence-corrected chi connectivity index (χ0v) is 12.3. The van der Waals surface area contributed by atoms with Crippen LogP contribution in [0, 0.1) is 0 Å².